The van der Waals surface area contributed by atoms with Crippen molar-refractivity contribution in [1.29, 1.82) is 0 Å². The first-order chi connectivity index (χ1) is 8.31. The highest BCUT2D eigenvalue weighted by atomic mass is 16.5. The molecule has 2 fully saturated rings. The molecular formula is C12H14N4O. The Morgan fingerprint density at radius 2 is 2.41 bits per heavy atom. The highest BCUT2D eigenvalue weighted by Gasteiger charge is 2.65. The second-order valence-corrected chi connectivity index (χ2v) is 5.21. The minimum atomic E-state index is 0.540. The molecule has 1 spiro atoms. The van der Waals surface area contributed by atoms with E-state index in [1.807, 2.05) is 6.07 Å². The lowest BCUT2D eigenvalue weighted by Crippen LogP contribution is -1.85. The minimum Gasteiger partial charge on any atom is -0.332 e. The molecule has 5 heteroatoms. The van der Waals surface area contributed by atoms with E-state index >= 15 is 0 Å². The molecule has 2 aliphatic rings. The van der Waals surface area contributed by atoms with E-state index in [0.717, 1.165) is 23.6 Å². The van der Waals surface area contributed by atoms with E-state index < -0.39 is 0 Å². The molecule has 5 nitrogen and oxygen atoms in total. The molecule has 1 N–H and O–H groups in total. The van der Waals surface area contributed by atoms with Crippen molar-refractivity contribution in [3.8, 4) is 11.6 Å². The average molecular weight is 230 g/mol. The Labute approximate surface area is 98.6 Å². The fraction of sp³-hybridized carbons (Fsp3) is 0.583. The lowest BCUT2D eigenvalue weighted by molar-refractivity contribution is 0.420. The van der Waals surface area contributed by atoms with Gasteiger partial charge in [0, 0.05) is 11.6 Å². The van der Waals surface area contributed by atoms with Crippen molar-refractivity contribution < 1.29 is 4.52 Å². The van der Waals surface area contributed by atoms with Crippen molar-refractivity contribution in [1.82, 2.24) is 20.3 Å². The fourth-order valence-electron chi connectivity index (χ4n) is 2.56. The summed E-state index contributed by atoms with van der Waals surface area (Å²) in [6.45, 7) is 2.08. The van der Waals surface area contributed by atoms with Crippen LogP contribution in [0.25, 0.3) is 11.6 Å². The van der Waals surface area contributed by atoms with Gasteiger partial charge in [-0.15, -0.1) is 0 Å². The molecule has 88 valence electrons. The van der Waals surface area contributed by atoms with Gasteiger partial charge in [0.05, 0.1) is 0 Å². The number of aromatic amines is 1. The third kappa shape index (κ3) is 1.34. The van der Waals surface area contributed by atoms with Crippen LogP contribution in [0.2, 0.25) is 0 Å². The molecular weight excluding hydrogens is 216 g/mol. The quantitative estimate of drug-likeness (QED) is 0.878. The molecule has 2 heterocycles. The Morgan fingerprint density at radius 1 is 1.53 bits per heavy atom. The first-order valence-corrected chi connectivity index (χ1v) is 6.19. The van der Waals surface area contributed by atoms with Gasteiger partial charge in [0.15, 0.2) is 11.5 Å². The molecule has 1 atom stereocenters. The second-order valence-electron chi connectivity index (χ2n) is 5.21. The summed E-state index contributed by atoms with van der Waals surface area (Å²) in [4.78, 5) is 4.47. The van der Waals surface area contributed by atoms with Gasteiger partial charge in [0.25, 0.3) is 5.89 Å². The topological polar surface area (TPSA) is 67.6 Å². The van der Waals surface area contributed by atoms with E-state index in [1.54, 1.807) is 0 Å². The fourth-order valence-corrected chi connectivity index (χ4v) is 2.56. The third-order valence-corrected chi connectivity index (χ3v) is 4.07. The molecule has 0 amide bonds. The summed E-state index contributed by atoms with van der Waals surface area (Å²) in [5.41, 5.74) is 2.41. The van der Waals surface area contributed by atoms with E-state index in [-0.39, 0.29) is 0 Å². The number of nitrogens with one attached hydrogen (secondary N) is 1. The Bertz CT molecular complexity index is 567. The Kier molecular flexibility index (Phi) is 1.64. The Hall–Kier alpha value is -1.65. The number of H-pyrrole nitrogens is 1. The number of hydrogen-bond donors (Lipinski definition) is 1. The first kappa shape index (κ1) is 9.39. The van der Waals surface area contributed by atoms with Crippen LogP contribution < -0.4 is 0 Å². The normalized spacial score (nSPS) is 24.2. The Balaban J connectivity index is 1.62. The zero-order chi connectivity index (χ0) is 11.5. The number of hydrogen-bond acceptors (Lipinski definition) is 4. The summed E-state index contributed by atoms with van der Waals surface area (Å²) in [7, 11) is 0. The second kappa shape index (κ2) is 2.97. The minimum absolute atomic E-state index is 0.540. The van der Waals surface area contributed by atoms with Crippen LogP contribution in [0.4, 0.5) is 0 Å². The molecule has 0 radical (unpaired) electrons. The van der Waals surface area contributed by atoms with Gasteiger partial charge in [0.2, 0.25) is 0 Å². The average Bonchev–Trinajstić information content (AvgIpc) is 3.13. The van der Waals surface area contributed by atoms with Gasteiger partial charge in [-0.05, 0) is 37.2 Å². The first-order valence-electron chi connectivity index (χ1n) is 6.19. The van der Waals surface area contributed by atoms with Crippen LogP contribution in [-0.4, -0.2) is 20.3 Å². The maximum absolute atomic E-state index is 5.29. The molecule has 2 aromatic rings. The van der Waals surface area contributed by atoms with Gasteiger partial charge in [-0.1, -0.05) is 12.1 Å². The highest BCUT2D eigenvalue weighted by Crippen LogP contribution is 2.74. The van der Waals surface area contributed by atoms with Crippen LogP contribution in [0.3, 0.4) is 0 Å². The van der Waals surface area contributed by atoms with Crippen molar-refractivity contribution in [3.05, 3.63) is 17.6 Å². The third-order valence-electron chi connectivity index (χ3n) is 4.07. The van der Waals surface area contributed by atoms with E-state index in [1.165, 1.54) is 19.3 Å². The molecule has 0 aliphatic heterocycles. The van der Waals surface area contributed by atoms with Gasteiger partial charge in [-0.2, -0.15) is 10.1 Å². The summed E-state index contributed by atoms with van der Waals surface area (Å²) in [6.07, 6.45) is 4.85. The molecule has 2 aliphatic carbocycles. The monoisotopic (exact) mass is 230 g/mol. The molecule has 0 bridgehead atoms. The smallest absolute Gasteiger partial charge is 0.278 e. The molecule has 0 saturated heterocycles. The van der Waals surface area contributed by atoms with E-state index in [9.17, 15) is 0 Å². The van der Waals surface area contributed by atoms with Gasteiger partial charge in [0.1, 0.15) is 0 Å². The molecule has 1 unspecified atom stereocenters. The SMILES string of the molecule is CCc1cc(-c2nc(C3CC34CC4)no2)n[nH]1. The lowest BCUT2D eigenvalue weighted by Gasteiger charge is -1.85. The molecule has 2 aromatic heterocycles. The van der Waals surface area contributed by atoms with Crippen molar-refractivity contribution in [3.63, 3.8) is 0 Å². The maximum Gasteiger partial charge on any atom is 0.278 e. The van der Waals surface area contributed by atoms with Crippen molar-refractivity contribution in [2.75, 3.05) is 0 Å². The predicted octanol–water partition coefficient (Wildman–Crippen LogP) is 2.29. The number of rotatable bonds is 3. The standard InChI is InChI=1S/C12H14N4O/c1-2-7-5-9(15-14-7)11-13-10(16-17-11)8-6-12(8)3-4-12/h5,8H,2-4,6H2,1H3,(H,14,15). The molecule has 17 heavy (non-hydrogen) atoms. The number of aromatic nitrogens is 4. The molecule has 2 saturated carbocycles. The van der Waals surface area contributed by atoms with Crippen LogP contribution in [0.1, 0.15) is 43.6 Å². The van der Waals surface area contributed by atoms with Gasteiger partial charge >= 0.3 is 0 Å². The number of aryl methyl sites for hydroxylation is 1. The van der Waals surface area contributed by atoms with E-state index in [2.05, 4.69) is 27.3 Å². The van der Waals surface area contributed by atoms with Gasteiger partial charge in [-0.25, -0.2) is 0 Å². The van der Waals surface area contributed by atoms with Crippen LogP contribution in [0, 0.1) is 5.41 Å². The van der Waals surface area contributed by atoms with Crippen LogP contribution in [-0.2, 0) is 6.42 Å². The maximum atomic E-state index is 5.29. The Morgan fingerprint density at radius 3 is 3.06 bits per heavy atom. The van der Waals surface area contributed by atoms with Crippen molar-refractivity contribution in [2.45, 2.75) is 38.5 Å². The van der Waals surface area contributed by atoms with Gasteiger partial charge in [-0.3, -0.25) is 5.10 Å². The summed E-state index contributed by atoms with van der Waals surface area (Å²) in [5, 5.41) is 11.2. The summed E-state index contributed by atoms with van der Waals surface area (Å²) >= 11 is 0. The van der Waals surface area contributed by atoms with Gasteiger partial charge < -0.3 is 4.52 Å². The lowest BCUT2D eigenvalue weighted by atomic mass is 10.3. The van der Waals surface area contributed by atoms with Crippen LogP contribution in [0.15, 0.2) is 10.6 Å². The van der Waals surface area contributed by atoms with Crippen molar-refractivity contribution >= 4 is 0 Å². The summed E-state index contributed by atoms with van der Waals surface area (Å²) < 4.78 is 5.29. The molecule has 0 aromatic carbocycles. The highest BCUT2D eigenvalue weighted by molar-refractivity contribution is 5.47. The summed E-state index contributed by atoms with van der Waals surface area (Å²) in [6, 6.07) is 1.97. The predicted molar refractivity (Wildman–Crippen MR) is 60.3 cm³/mol. The van der Waals surface area contributed by atoms with E-state index in [4.69, 9.17) is 4.52 Å². The van der Waals surface area contributed by atoms with Crippen molar-refractivity contribution in [2.24, 2.45) is 5.41 Å². The molecule has 4 rings (SSSR count). The van der Waals surface area contributed by atoms with Crippen LogP contribution in [0.5, 0.6) is 0 Å². The number of nitrogens with zero attached hydrogens (tertiary/aromatic N) is 3. The zero-order valence-electron chi connectivity index (χ0n) is 9.73. The van der Waals surface area contributed by atoms with Crippen LogP contribution >= 0.6 is 0 Å². The largest absolute Gasteiger partial charge is 0.332 e. The summed E-state index contributed by atoms with van der Waals surface area (Å²) in [5.74, 6) is 1.96. The zero-order valence-corrected chi connectivity index (χ0v) is 9.73. The van der Waals surface area contributed by atoms with E-state index in [0.29, 0.717) is 17.2 Å².